The van der Waals surface area contributed by atoms with Gasteiger partial charge in [-0.15, -0.1) is 0 Å². The maximum atomic E-state index is 12.8. The van der Waals surface area contributed by atoms with Gasteiger partial charge in [-0.2, -0.15) is 5.10 Å². The van der Waals surface area contributed by atoms with E-state index in [1.807, 2.05) is 37.3 Å². The Labute approximate surface area is 168 Å². The van der Waals surface area contributed by atoms with Crippen LogP contribution in [0.2, 0.25) is 0 Å². The number of nitrogens with one attached hydrogen (secondary N) is 2. The van der Waals surface area contributed by atoms with Gasteiger partial charge in [-0.05, 0) is 57.2 Å². The predicted molar refractivity (Wildman–Crippen MR) is 110 cm³/mol. The molecule has 2 aromatic carbocycles. The molecule has 1 heterocycles. The quantitative estimate of drug-likeness (QED) is 0.500. The maximum absolute atomic E-state index is 12.8. The van der Waals surface area contributed by atoms with Crippen molar-refractivity contribution in [3.05, 3.63) is 77.1 Å². The molecule has 0 aliphatic heterocycles. The van der Waals surface area contributed by atoms with E-state index in [-0.39, 0.29) is 11.5 Å². The van der Waals surface area contributed by atoms with E-state index in [1.165, 1.54) is 0 Å². The van der Waals surface area contributed by atoms with Crippen molar-refractivity contribution in [2.45, 2.75) is 20.8 Å². The summed E-state index contributed by atoms with van der Waals surface area (Å²) in [6.07, 6.45) is 0. The average Bonchev–Trinajstić information content (AvgIpc) is 3.02. The topological polar surface area (TPSA) is 93.1 Å². The number of hydrogen-bond donors (Lipinski definition) is 2. The number of benzene rings is 2. The van der Waals surface area contributed by atoms with E-state index in [0.717, 1.165) is 5.69 Å². The van der Waals surface area contributed by atoms with Crippen molar-refractivity contribution < 1.29 is 14.4 Å². The van der Waals surface area contributed by atoms with E-state index in [1.54, 1.807) is 42.8 Å². The second-order valence-electron chi connectivity index (χ2n) is 6.51. The Bertz CT molecular complexity index is 1050. The number of carbonyl (C=O) groups is 3. The van der Waals surface area contributed by atoms with Crippen LogP contribution < -0.4 is 10.6 Å². The smallest absolute Gasteiger partial charge is 0.296 e. The monoisotopic (exact) mass is 390 g/mol. The van der Waals surface area contributed by atoms with Crippen molar-refractivity contribution in [1.82, 2.24) is 15.1 Å². The molecule has 2 amide bonds. The molecule has 1 aromatic heterocycles. The zero-order valence-electron chi connectivity index (χ0n) is 16.5. The fourth-order valence-electron chi connectivity index (χ4n) is 3.06. The van der Waals surface area contributed by atoms with Gasteiger partial charge in [0.2, 0.25) is 0 Å². The lowest BCUT2D eigenvalue weighted by atomic mass is 10.1. The Morgan fingerprint density at radius 1 is 0.966 bits per heavy atom. The summed E-state index contributed by atoms with van der Waals surface area (Å²) in [4.78, 5) is 37.1. The number of hydrogen-bond acceptors (Lipinski definition) is 4. The number of anilines is 1. The van der Waals surface area contributed by atoms with Crippen LogP contribution in [0.1, 0.15) is 39.0 Å². The summed E-state index contributed by atoms with van der Waals surface area (Å²) in [6, 6.07) is 15.8. The highest BCUT2D eigenvalue weighted by atomic mass is 16.2. The number of aryl methyl sites for hydroxylation is 1. The van der Waals surface area contributed by atoms with Crippen LogP contribution in [0.25, 0.3) is 5.69 Å². The molecule has 0 atom stereocenters. The summed E-state index contributed by atoms with van der Waals surface area (Å²) in [5.41, 5.74) is 3.09. The van der Waals surface area contributed by atoms with Crippen molar-refractivity contribution in [2.75, 3.05) is 11.9 Å². The predicted octanol–water partition coefficient (Wildman–Crippen LogP) is 3.06. The molecule has 0 unspecified atom stereocenters. The van der Waals surface area contributed by atoms with Crippen LogP contribution in [0.5, 0.6) is 0 Å². The van der Waals surface area contributed by atoms with Crippen LogP contribution in [0.4, 0.5) is 5.69 Å². The second kappa shape index (κ2) is 8.52. The van der Waals surface area contributed by atoms with Gasteiger partial charge in [0.05, 0.1) is 22.6 Å². The number of ketones is 1. The number of rotatable bonds is 6. The third-order valence-electron chi connectivity index (χ3n) is 4.47. The molecule has 3 rings (SSSR count). The van der Waals surface area contributed by atoms with Crippen molar-refractivity contribution in [3.63, 3.8) is 0 Å². The van der Waals surface area contributed by atoms with E-state index in [0.29, 0.717) is 29.2 Å². The molecule has 7 nitrogen and oxygen atoms in total. The van der Waals surface area contributed by atoms with Crippen LogP contribution in [0.3, 0.4) is 0 Å². The van der Waals surface area contributed by atoms with E-state index >= 15 is 0 Å². The lowest BCUT2D eigenvalue weighted by molar-refractivity contribution is -0.112. The fourth-order valence-corrected chi connectivity index (χ4v) is 3.06. The minimum absolute atomic E-state index is 0.193. The molecule has 0 bridgehead atoms. The minimum atomic E-state index is -0.755. The number of para-hydroxylation sites is 1. The van der Waals surface area contributed by atoms with Crippen LogP contribution in [0.15, 0.2) is 54.6 Å². The summed E-state index contributed by atoms with van der Waals surface area (Å²) in [5, 5.41) is 9.70. The highest BCUT2D eigenvalue weighted by molar-refractivity contribution is 6.47. The lowest BCUT2D eigenvalue weighted by Crippen LogP contribution is -2.24. The number of nitrogens with zero attached hydrogens (tertiary/aromatic N) is 2. The molecule has 3 aromatic rings. The maximum Gasteiger partial charge on any atom is 0.296 e. The molecule has 0 fully saturated rings. The largest absolute Gasteiger partial charge is 0.352 e. The van der Waals surface area contributed by atoms with Gasteiger partial charge in [0, 0.05) is 17.8 Å². The normalized spacial score (nSPS) is 10.4. The first-order valence-corrected chi connectivity index (χ1v) is 9.28. The minimum Gasteiger partial charge on any atom is -0.352 e. The van der Waals surface area contributed by atoms with Gasteiger partial charge in [-0.1, -0.05) is 18.2 Å². The van der Waals surface area contributed by atoms with Gasteiger partial charge in [0.1, 0.15) is 0 Å². The van der Waals surface area contributed by atoms with Gasteiger partial charge in [-0.3, -0.25) is 14.4 Å². The summed E-state index contributed by atoms with van der Waals surface area (Å²) in [6.45, 7) is 5.83. The van der Waals surface area contributed by atoms with Crippen LogP contribution in [-0.4, -0.2) is 33.9 Å². The second-order valence-corrected chi connectivity index (χ2v) is 6.51. The molecule has 0 saturated carbocycles. The van der Waals surface area contributed by atoms with Gasteiger partial charge in [-0.25, -0.2) is 4.68 Å². The molecule has 148 valence electrons. The Hall–Kier alpha value is -3.74. The van der Waals surface area contributed by atoms with Gasteiger partial charge < -0.3 is 10.6 Å². The summed E-state index contributed by atoms with van der Waals surface area (Å²) in [7, 11) is 0. The first-order valence-electron chi connectivity index (χ1n) is 9.28. The molecule has 0 spiro atoms. The number of aromatic nitrogens is 2. The van der Waals surface area contributed by atoms with E-state index < -0.39 is 11.7 Å². The number of amides is 2. The van der Waals surface area contributed by atoms with Crippen molar-refractivity contribution in [2.24, 2.45) is 0 Å². The molecular formula is C22H22N4O3. The first kappa shape index (κ1) is 20.0. The first-order chi connectivity index (χ1) is 13.9. The average molecular weight is 390 g/mol. The van der Waals surface area contributed by atoms with Crippen LogP contribution in [-0.2, 0) is 4.79 Å². The molecular weight excluding hydrogens is 368 g/mol. The van der Waals surface area contributed by atoms with Gasteiger partial charge in [0.25, 0.3) is 17.6 Å². The molecule has 0 radical (unpaired) electrons. The van der Waals surface area contributed by atoms with E-state index in [4.69, 9.17) is 0 Å². The summed E-state index contributed by atoms with van der Waals surface area (Å²) < 4.78 is 1.65. The fraction of sp³-hybridized carbons (Fsp3) is 0.182. The summed E-state index contributed by atoms with van der Waals surface area (Å²) in [5.74, 6) is -1.61. The van der Waals surface area contributed by atoms with Crippen molar-refractivity contribution in [3.8, 4) is 5.69 Å². The molecule has 0 aliphatic carbocycles. The van der Waals surface area contributed by atoms with E-state index in [2.05, 4.69) is 15.7 Å². The Morgan fingerprint density at radius 3 is 2.24 bits per heavy atom. The zero-order chi connectivity index (χ0) is 21.0. The van der Waals surface area contributed by atoms with Crippen molar-refractivity contribution in [1.29, 1.82) is 0 Å². The SMILES string of the molecule is CCNC(=O)c1ccc(NC(=O)C(=O)c2c(C)nn(-c3ccccc3)c2C)cc1. The Kier molecular flexibility index (Phi) is 5.87. The van der Waals surface area contributed by atoms with E-state index in [9.17, 15) is 14.4 Å². The molecule has 0 saturated heterocycles. The number of Topliss-reactive ketones (excluding diaryl/α,β-unsaturated/α-hetero) is 1. The third kappa shape index (κ3) is 4.24. The highest BCUT2D eigenvalue weighted by Crippen LogP contribution is 2.19. The Balaban J connectivity index is 1.78. The van der Waals surface area contributed by atoms with Crippen LogP contribution >= 0.6 is 0 Å². The molecule has 29 heavy (non-hydrogen) atoms. The molecule has 0 aliphatic rings. The van der Waals surface area contributed by atoms with Gasteiger partial charge in [0.15, 0.2) is 0 Å². The number of carbonyl (C=O) groups excluding carboxylic acids is 3. The lowest BCUT2D eigenvalue weighted by Gasteiger charge is -2.07. The summed E-state index contributed by atoms with van der Waals surface area (Å²) >= 11 is 0. The van der Waals surface area contributed by atoms with Crippen molar-refractivity contribution >= 4 is 23.3 Å². The standard InChI is InChI=1S/C22H22N4O3/c1-4-23-21(28)16-10-12-17(13-11-16)24-22(29)20(27)19-14(2)25-26(15(19)3)18-8-6-5-7-9-18/h5-13H,4H2,1-3H3,(H,23,28)(H,24,29). The molecule has 2 N–H and O–H groups in total. The highest BCUT2D eigenvalue weighted by Gasteiger charge is 2.25. The molecule has 7 heteroatoms. The Morgan fingerprint density at radius 2 is 1.62 bits per heavy atom. The van der Waals surface area contributed by atoms with Gasteiger partial charge >= 0.3 is 0 Å². The third-order valence-corrected chi connectivity index (χ3v) is 4.47. The van der Waals surface area contributed by atoms with Crippen LogP contribution in [0, 0.1) is 13.8 Å². The zero-order valence-corrected chi connectivity index (χ0v) is 16.5.